The van der Waals surface area contributed by atoms with Gasteiger partial charge in [-0.2, -0.15) is 0 Å². The van der Waals surface area contributed by atoms with Crippen LogP contribution in [-0.2, 0) is 0 Å². The maximum atomic E-state index is 4.27. The molecule has 0 radical (unpaired) electrons. The van der Waals surface area contributed by atoms with Crippen LogP contribution < -0.4 is 10.6 Å². The van der Waals surface area contributed by atoms with Crippen molar-refractivity contribution in [3.8, 4) is 0 Å². The highest BCUT2D eigenvalue weighted by molar-refractivity contribution is 5.80. The van der Waals surface area contributed by atoms with Gasteiger partial charge in [-0.25, -0.2) is 0 Å². The van der Waals surface area contributed by atoms with Gasteiger partial charge in [-0.15, -0.1) is 0 Å². The zero-order valence-electron chi connectivity index (χ0n) is 13.4. The molecule has 1 rings (SSSR count). The molecule has 0 spiro atoms. The van der Waals surface area contributed by atoms with Gasteiger partial charge in [0.05, 0.1) is 6.04 Å². The van der Waals surface area contributed by atoms with Crippen molar-refractivity contribution in [2.24, 2.45) is 4.99 Å². The lowest BCUT2D eigenvalue weighted by atomic mass is 10.1. The molecule has 0 amide bonds. The first-order valence-corrected chi connectivity index (χ1v) is 7.27. The minimum absolute atomic E-state index is 0.241. The fourth-order valence-corrected chi connectivity index (χ4v) is 1.83. The molecule has 0 aromatic heterocycles. The molecule has 4 nitrogen and oxygen atoms in total. The number of hydrogen-bond donors (Lipinski definition) is 2. The maximum Gasteiger partial charge on any atom is 0.191 e. The average Bonchev–Trinajstić information content (AvgIpc) is 2.46. The number of guanidine groups is 1. The lowest BCUT2D eigenvalue weighted by Gasteiger charge is -2.23. The Balaban J connectivity index is 2.40. The Kier molecular flexibility index (Phi) is 7.09. The molecule has 1 unspecified atom stereocenters. The van der Waals surface area contributed by atoms with Crippen LogP contribution in [0.15, 0.2) is 35.3 Å². The lowest BCUT2D eigenvalue weighted by molar-refractivity contribution is 0.278. The van der Waals surface area contributed by atoms with Crippen LogP contribution in [0.4, 0.5) is 0 Å². The van der Waals surface area contributed by atoms with Gasteiger partial charge in [0.2, 0.25) is 0 Å². The lowest BCUT2D eigenvalue weighted by Crippen LogP contribution is -2.42. The Morgan fingerprint density at radius 3 is 2.40 bits per heavy atom. The molecule has 0 aliphatic carbocycles. The Labute approximate surface area is 123 Å². The topological polar surface area (TPSA) is 39.7 Å². The van der Waals surface area contributed by atoms with Gasteiger partial charge in [0, 0.05) is 26.2 Å². The first-order chi connectivity index (χ1) is 9.54. The first kappa shape index (κ1) is 16.5. The summed E-state index contributed by atoms with van der Waals surface area (Å²) in [6.45, 7) is 8.42. The molecule has 1 aromatic carbocycles. The summed E-state index contributed by atoms with van der Waals surface area (Å²) in [5, 5.41) is 6.76. The zero-order valence-corrected chi connectivity index (χ0v) is 13.4. The second-order valence-corrected chi connectivity index (χ2v) is 5.35. The van der Waals surface area contributed by atoms with Gasteiger partial charge in [-0.3, -0.25) is 4.99 Å². The Bertz CT molecular complexity index is 400. The van der Waals surface area contributed by atoms with E-state index in [0.717, 1.165) is 19.0 Å². The van der Waals surface area contributed by atoms with Crippen LogP contribution in [0.3, 0.4) is 0 Å². The summed E-state index contributed by atoms with van der Waals surface area (Å²) in [6, 6.07) is 11.2. The molecular formula is C16H28N4. The minimum atomic E-state index is 0.241. The molecule has 0 aliphatic rings. The van der Waals surface area contributed by atoms with Crippen molar-refractivity contribution >= 4 is 5.96 Å². The Morgan fingerprint density at radius 2 is 1.85 bits per heavy atom. The molecule has 0 saturated heterocycles. The number of nitrogens with zero attached hydrogens (tertiary/aromatic N) is 2. The van der Waals surface area contributed by atoms with Crippen LogP contribution in [0.2, 0.25) is 0 Å². The van der Waals surface area contributed by atoms with Gasteiger partial charge >= 0.3 is 0 Å². The van der Waals surface area contributed by atoms with Crippen molar-refractivity contribution in [2.75, 3.05) is 27.2 Å². The largest absolute Gasteiger partial charge is 0.355 e. The van der Waals surface area contributed by atoms with E-state index in [-0.39, 0.29) is 6.04 Å². The van der Waals surface area contributed by atoms with Crippen LogP contribution in [0, 0.1) is 0 Å². The van der Waals surface area contributed by atoms with E-state index >= 15 is 0 Å². The van der Waals surface area contributed by atoms with Crippen LogP contribution in [0.25, 0.3) is 0 Å². The van der Waals surface area contributed by atoms with Gasteiger partial charge in [-0.05, 0) is 33.4 Å². The third-order valence-corrected chi connectivity index (χ3v) is 3.51. The zero-order chi connectivity index (χ0) is 15.0. The van der Waals surface area contributed by atoms with E-state index in [0.29, 0.717) is 6.04 Å². The summed E-state index contributed by atoms with van der Waals surface area (Å²) in [7, 11) is 3.94. The average molecular weight is 276 g/mol. The second kappa shape index (κ2) is 8.59. The molecule has 2 N–H and O–H groups in total. The van der Waals surface area contributed by atoms with Crippen LogP contribution in [0.1, 0.15) is 32.4 Å². The third-order valence-electron chi connectivity index (χ3n) is 3.51. The number of rotatable bonds is 6. The van der Waals surface area contributed by atoms with Gasteiger partial charge in [0.1, 0.15) is 0 Å². The Hall–Kier alpha value is -1.55. The molecule has 0 aliphatic heterocycles. The fourth-order valence-electron chi connectivity index (χ4n) is 1.83. The van der Waals surface area contributed by atoms with E-state index in [1.54, 1.807) is 7.05 Å². The molecule has 0 fully saturated rings. The Morgan fingerprint density at radius 1 is 1.20 bits per heavy atom. The van der Waals surface area contributed by atoms with Gasteiger partial charge in [0.15, 0.2) is 5.96 Å². The molecule has 0 saturated carbocycles. The van der Waals surface area contributed by atoms with E-state index in [1.165, 1.54) is 5.56 Å². The summed E-state index contributed by atoms with van der Waals surface area (Å²) in [6.07, 6.45) is 0. The highest BCUT2D eigenvalue weighted by atomic mass is 15.2. The van der Waals surface area contributed by atoms with Crippen LogP contribution in [0.5, 0.6) is 0 Å². The SMILES string of the molecule is CN=C(NCCN(C)C(C)C)NC(C)c1ccccc1. The monoisotopic (exact) mass is 276 g/mol. The van der Waals surface area contributed by atoms with Crippen molar-refractivity contribution in [1.82, 2.24) is 15.5 Å². The molecule has 0 bridgehead atoms. The fraction of sp³-hybridized carbons (Fsp3) is 0.562. The van der Waals surface area contributed by atoms with Crippen LogP contribution >= 0.6 is 0 Å². The van der Waals surface area contributed by atoms with Gasteiger partial charge in [0.25, 0.3) is 0 Å². The van der Waals surface area contributed by atoms with Gasteiger partial charge < -0.3 is 15.5 Å². The van der Waals surface area contributed by atoms with E-state index in [1.807, 2.05) is 6.07 Å². The predicted octanol–water partition coefficient (Wildman–Crippen LogP) is 2.25. The van der Waals surface area contributed by atoms with Crippen molar-refractivity contribution in [2.45, 2.75) is 32.9 Å². The highest BCUT2D eigenvalue weighted by Crippen LogP contribution is 2.10. The van der Waals surface area contributed by atoms with E-state index in [9.17, 15) is 0 Å². The summed E-state index contributed by atoms with van der Waals surface area (Å²) in [5.74, 6) is 0.846. The summed E-state index contributed by atoms with van der Waals surface area (Å²) in [4.78, 5) is 6.58. The molecular weight excluding hydrogens is 248 g/mol. The maximum absolute atomic E-state index is 4.27. The first-order valence-electron chi connectivity index (χ1n) is 7.27. The number of hydrogen-bond acceptors (Lipinski definition) is 2. The molecule has 20 heavy (non-hydrogen) atoms. The standard InChI is InChI=1S/C16H28N4/c1-13(2)20(5)12-11-18-16(17-4)19-14(3)15-9-7-6-8-10-15/h6-10,13-14H,11-12H2,1-5H3,(H2,17,18,19). The smallest absolute Gasteiger partial charge is 0.191 e. The van der Waals surface area contributed by atoms with E-state index in [2.05, 4.69) is 72.6 Å². The summed E-state index contributed by atoms with van der Waals surface area (Å²) in [5.41, 5.74) is 1.26. The van der Waals surface area contributed by atoms with Gasteiger partial charge in [-0.1, -0.05) is 30.3 Å². The quantitative estimate of drug-likeness (QED) is 0.618. The van der Waals surface area contributed by atoms with Crippen molar-refractivity contribution < 1.29 is 0 Å². The minimum Gasteiger partial charge on any atom is -0.355 e. The number of benzene rings is 1. The van der Waals surface area contributed by atoms with Crippen molar-refractivity contribution in [3.05, 3.63) is 35.9 Å². The summed E-state index contributed by atoms with van der Waals surface area (Å²) < 4.78 is 0. The number of nitrogens with one attached hydrogen (secondary N) is 2. The van der Waals surface area contributed by atoms with Crippen LogP contribution in [-0.4, -0.2) is 44.1 Å². The third kappa shape index (κ3) is 5.61. The number of aliphatic imine (C=N–C) groups is 1. The van der Waals surface area contributed by atoms with Crippen molar-refractivity contribution in [1.29, 1.82) is 0 Å². The number of likely N-dealkylation sites (N-methyl/N-ethyl adjacent to an activating group) is 1. The molecule has 112 valence electrons. The van der Waals surface area contributed by atoms with E-state index in [4.69, 9.17) is 0 Å². The molecule has 4 heteroatoms. The normalized spacial score (nSPS) is 13.7. The van der Waals surface area contributed by atoms with Crippen molar-refractivity contribution in [3.63, 3.8) is 0 Å². The summed E-state index contributed by atoms with van der Waals surface area (Å²) >= 11 is 0. The van der Waals surface area contributed by atoms with E-state index < -0.39 is 0 Å². The molecule has 1 atom stereocenters. The highest BCUT2D eigenvalue weighted by Gasteiger charge is 2.07. The predicted molar refractivity (Wildman–Crippen MR) is 87.1 cm³/mol. The molecule has 0 heterocycles. The molecule has 1 aromatic rings. The second-order valence-electron chi connectivity index (χ2n) is 5.35.